The molecule has 30 heavy (non-hydrogen) atoms. The third kappa shape index (κ3) is 3.78. The first-order valence-corrected chi connectivity index (χ1v) is 11.2. The number of pyridine rings is 1. The Kier molecular flexibility index (Phi) is 5.48. The number of hydrogen-bond acceptors (Lipinski definition) is 7. The number of anilines is 1. The van der Waals surface area contributed by atoms with Crippen molar-refractivity contribution in [3.63, 3.8) is 0 Å². The highest BCUT2D eigenvalue weighted by atomic mass is 32.1. The fourth-order valence-corrected chi connectivity index (χ4v) is 5.40. The molecule has 0 bridgehead atoms. The lowest BCUT2D eigenvalue weighted by molar-refractivity contribution is -0.146. The summed E-state index contributed by atoms with van der Waals surface area (Å²) < 4.78 is 0. The Morgan fingerprint density at radius 3 is 2.57 bits per heavy atom. The van der Waals surface area contributed by atoms with E-state index < -0.39 is 11.9 Å². The van der Waals surface area contributed by atoms with Crippen LogP contribution in [0, 0.1) is 12.8 Å². The van der Waals surface area contributed by atoms with Crippen LogP contribution < -0.4 is 10.6 Å². The number of carbonyl (C=O) groups is 2. The van der Waals surface area contributed by atoms with E-state index in [0.717, 1.165) is 53.6 Å². The lowest BCUT2D eigenvalue weighted by Gasteiger charge is -2.40. The van der Waals surface area contributed by atoms with Gasteiger partial charge >= 0.3 is 0 Å². The van der Waals surface area contributed by atoms with Gasteiger partial charge in [-0.25, -0.2) is 0 Å². The molecule has 0 spiro atoms. The molecule has 2 aromatic rings. The van der Waals surface area contributed by atoms with Crippen molar-refractivity contribution in [1.82, 2.24) is 20.1 Å². The van der Waals surface area contributed by atoms with E-state index in [4.69, 9.17) is 5.73 Å². The molecule has 4 rings (SSSR count). The molecule has 2 amide bonds. The van der Waals surface area contributed by atoms with Gasteiger partial charge < -0.3 is 15.5 Å². The predicted octanol–water partition coefficient (Wildman–Crippen LogP) is 2.38. The summed E-state index contributed by atoms with van der Waals surface area (Å²) in [6.07, 6.45) is 6.55. The molecule has 2 N–H and O–H groups in total. The first-order valence-electron chi connectivity index (χ1n) is 10.4. The second-order valence-electron chi connectivity index (χ2n) is 8.76. The first-order chi connectivity index (χ1) is 14.3. The fraction of sp³-hybridized carbons (Fsp3) is 0.571. The summed E-state index contributed by atoms with van der Waals surface area (Å²) in [5, 5.41) is 10.2. The fourth-order valence-electron chi connectivity index (χ4n) is 4.67. The summed E-state index contributed by atoms with van der Waals surface area (Å²) in [5.41, 5.74) is 7.30. The Balaban J connectivity index is 1.49. The molecule has 2 saturated heterocycles. The van der Waals surface area contributed by atoms with Crippen molar-refractivity contribution in [2.75, 3.05) is 18.0 Å². The van der Waals surface area contributed by atoms with Gasteiger partial charge in [-0.15, -0.1) is 10.2 Å². The number of hydrogen-bond donors (Lipinski definition) is 1. The molecule has 8 nitrogen and oxygen atoms in total. The highest BCUT2D eigenvalue weighted by Gasteiger charge is 2.47. The molecule has 9 heteroatoms. The van der Waals surface area contributed by atoms with Gasteiger partial charge in [-0.3, -0.25) is 14.6 Å². The van der Waals surface area contributed by atoms with Gasteiger partial charge in [0.25, 0.3) is 0 Å². The molecule has 1 atom stereocenters. The normalized spacial score (nSPS) is 21.8. The highest BCUT2D eigenvalue weighted by molar-refractivity contribution is 7.14. The SMILES string of the molecule is Cc1nnc(-c2ccncc2N2CCC(C(=O)N3[C@H](C(N)=O)CCC3(C)C)CC2)s1. The number of nitrogens with two attached hydrogens (primary N) is 1. The van der Waals surface area contributed by atoms with Crippen LogP contribution in [0.4, 0.5) is 5.69 Å². The van der Waals surface area contributed by atoms with Gasteiger partial charge in [0.2, 0.25) is 11.8 Å². The molecule has 160 valence electrons. The van der Waals surface area contributed by atoms with Crippen LogP contribution in [0.25, 0.3) is 10.6 Å². The third-order valence-electron chi connectivity index (χ3n) is 6.30. The van der Waals surface area contributed by atoms with Crippen LogP contribution in [0.3, 0.4) is 0 Å². The van der Waals surface area contributed by atoms with Crippen LogP contribution in [0.5, 0.6) is 0 Å². The molecular formula is C21H28N6O2S. The average Bonchev–Trinajstić information content (AvgIpc) is 3.30. The molecular weight excluding hydrogens is 400 g/mol. The second-order valence-corrected chi connectivity index (χ2v) is 9.94. The van der Waals surface area contributed by atoms with Crippen LogP contribution in [-0.2, 0) is 9.59 Å². The first kappa shape index (κ1) is 20.7. The summed E-state index contributed by atoms with van der Waals surface area (Å²) in [7, 11) is 0. The largest absolute Gasteiger partial charge is 0.370 e. The van der Waals surface area contributed by atoms with Crippen LogP contribution in [0.2, 0.25) is 0 Å². The Morgan fingerprint density at radius 2 is 1.93 bits per heavy atom. The van der Waals surface area contributed by atoms with Crippen molar-refractivity contribution in [3.05, 3.63) is 23.5 Å². The second kappa shape index (κ2) is 7.94. The number of aromatic nitrogens is 3. The summed E-state index contributed by atoms with van der Waals surface area (Å²) in [5.74, 6) is -0.435. The minimum absolute atomic E-state index is 0.0621. The van der Waals surface area contributed by atoms with Crippen LogP contribution >= 0.6 is 11.3 Å². The van der Waals surface area contributed by atoms with Crippen molar-refractivity contribution in [2.24, 2.45) is 11.7 Å². The Labute approximate surface area is 180 Å². The van der Waals surface area contributed by atoms with Crippen molar-refractivity contribution < 1.29 is 9.59 Å². The number of piperidine rings is 1. The Hall–Kier alpha value is -2.55. The summed E-state index contributed by atoms with van der Waals surface area (Å²) in [4.78, 5) is 33.6. The monoisotopic (exact) mass is 428 g/mol. The third-order valence-corrected chi connectivity index (χ3v) is 7.17. The number of aryl methyl sites for hydroxylation is 1. The van der Waals surface area contributed by atoms with Gasteiger partial charge in [0.15, 0.2) is 0 Å². The maximum absolute atomic E-state index is 13.3. The van der Waals surface area contributed by atoms with Crippen LogP contribution in [-0.4, -0.2) is 56.6 Å². The number of amides is 2. The molecule has 0 aliphatic carbocycles. The average molecular weight is 429 g/mol. The van der Waals surface area contributed by atoms with E-state index in [2.05, 4.69) is 20.1 Å². The minimum Gasteiger partial charge on any atom is -0.370 e. The maximum atomic E-state index is 13.3. The van der Waals surface area contributed by atoms with Gasteiger partial charge in [-0.05, 0) is 52.5 Å². The number of nitrogens with zero attached hydrogens (tertiary/aromatic N) is 5. The number of primary amides is 1. The number of rotatable bonds is 4. The Morgan fingerprint density at radius 1 is 1.20 bits per heavy atom. The van der Waals surface area contributed by atoms with Gasteiger partial charge in [0, 0.05) is 36.3 Å². The maximum Gasteiger partial charge on any atom is 0.240 e. The van der Waals surface area contributed by atoms with Crippen LogP contribution in [0.15, 0.2) is 18.5 Å². The zero-order valence-corrected chi connectivity index (χ0v) is 18.5. The molecule has 4 heterocycles. The van der Waals surface area contributed by atoms with Crippen LogP contribution in [0.1, 0.15) is 44.5 Å². The molecule has 2 aliphatic rings. The molecule has 0 aromatic carbocycles. The number of likely N-dealkylation sites (tertiary alicyclic amines) is 1. The lowest BCUT2D eigenvalue weighted by atomic mass is 9.92. The smallest absolute Gasteiger partial charge is 0.240 e. The zero-order chi connectivity index (χ0) is 21.5. The zero-order valence-electron chi connectivity index (χ0n) is 17.7. The Bertz CT molecular complexity index is 950. The van der Waals surface area contributed by atoms with E-state index in [1.54, 1.807) is 22.4 Å². The van der Waals surface area contributed by atoms with E-state index in [0.29, 0.717) is 6.42 Å². The quantitative estimate of drug-likeness (QED) is 0.802. The van der Waals surface area contributed by atoms with Crippen molar-refractivity contribution in [1.29, 1.82) is 0 Å². The van der Waals surface area contributed by atoms with E-state index in [-0.39, 0.29) is 17.4 Å². The van der Waals surface area contributed by atoms with Crippen molar-refractivity contribution in [3.8, 4) is 10.6 Å². The van der Waals surface area contributed by atoms with Crippen molar-refractivity contribution >= 4 is 28.8 Å². The predicted molar refractivity (Wildman–Crippen MR) is 116 cm³/mol. The van der Waals surface area contributed by atoms with E-state index in [9.17, 15) is 9.59 Å². The molecule has 2 fully saturated rings. The molecule has 0 radical (unpaired) electrons. The topological polar surface area (TPSA) is 105 Å². The molecule has 2 aromatic heterocycles. The number of carbonyl (C=O) groups excluding carboxylic acids is 2. The summed E-state index contributed by atoms with van der Waals surface area (Å²) in [6, 6.07) is 1.48. The van der Waals surface area contributed by atoms with E-state index >= 15 is 0 Å². The molecule has 2 aliphatic heterocycles. The standard InChI is InChI=1S/C21H28N6O2S/c1-13-24-25-19(30-13)15-5-9-23-12-17(15)26-10-6-14(7-11-26)20(29)27-16(18(22)28)4-8-21(27,2)3/h5,9,12,14,16H,4,6-8,10-11H2,1-3H3,(H2,22,28)/t16-/m0/s1. The lowest BCUT2D eigenvalue weighted by Crippen LogP contribution is -2.54. The highest BCUT2D eigenvalue weighted by Crippen LogP contribution is 2.38. The molecule has 0 saturated carbocycles. The van der Waals surface area contributed by atoms with Gasteiger partial charge in [0.1, 0.15) is 16.1 Å². The summed E-state index contributed by atoms with van der Waals surface area (Å²) >= 11 is 1.56. The van der Waals surface area contributed by atoms with Gasteiger partial charge in [0.05, 0.1) is 11.9 Å². The van der Waals surface area contributed by atoms with E-state index in [1.807, 2.05) is 33.0 Å². The van der Waals surface area contributed by atoms with Gasteiger partial charge in [-0.1, -0.05) is 11.3 Å². The minimum atomic E-state index is -0.490. The summed E-state index contributed by atoms with van der Waals surface area (Å²) in [6.45, 7) is 7.49. The van der Waals surface area contributed by atoms with Gasteiger partial charge in [-0.2, -0.15) is 0 Å². The van der Waals surface area contributed by atoms with Crippen molar-refractivity contribution in [2.45, 2.75) is 58.0 Å². The molecule has 0 unspecified atom stereocenters. The van der Waals surface area contributed by atoms with E-state index in [1.165, 1.54) is 0 Å².